The first-order valence-corrected chi connectivity index (χ1v) is 4.42. The van der Waals surface area contributed by atoms with Crippen LogP contribution < -0.4 is 0 Å². The minimum atomic E-state index is -4.33. The smallest absolute Gasteiger partial charge is 0.392 e. The van der Waals surface area contributed by atoms with E-state index in [0.29, 0.717) is 5.56 Å². The molecule has 0 radical (unpaired) electrons. The number of alkyl halides is 3. The zero-order valence-electron chi connectivity index (χ0n) is 8.47. The molecule has 0 saturated heterocycles. The summed E-state index contributed by atoms with van der Waals surface area (Å²) in [7, 11) is 0. The Hall–Kier alpha value is -1.10. The molecule has 0 amide bonds. The molecular weight excluding hydrogens is 207 g/mol. The van der Waals surface area contributed by atoms with E-state index in [1.54, 1.807) is 0 Å². The number of nitrogens with zero attached hydrogens (tertiary/aromatic N) is 1. The number of halogens is 3. The third-order valence-electron chi connectivity index (χ3n) is 2.36. The van der Waals surface area contributed by atoms with E-state index in [1.807, 2.05) is 0 Å². The van der Waals surface area contributed by atoms with Gasteiger partial charge >= 0.3 is 6.18 Å². The van der Waals surface area contributed by atoms with Crippen LogP contribution >= 0.6 is 0 Å². The van der Waals surface area contributed by atoms with Gasteiger partial charge in [-0.15, -0.1) is 0 Å². The van der Waals surface area contributed by atoms with Gasteiger partial charge in [-0.1, -0.05) is 6.07 Å². The molecule has 15 heavy (non-hydrogen) atoms. The fraction of sp³-hybridized carbons (Fsp3) is 0.500. The molecule has 84 valence electrons. The predicted molar refractivity (Wildman–Crippen MR) is 49.2 cm³/mol. The topological polar surface area (TPSA) is 33.1 Å². The average molecular weight is 219 g/mol. The van der Waals surface area contributed by atoms with Crippen molar-refractivity contribution in [1.29, 1.82) is 0 Å². The Labute approximate surface area is 85.8 Å². The maximum Gasteiger partial charge on any atom is 0.399 e. The Kier molecular flexibility index (Phi) is 3.04. The van der Waals surface area contributed by atoms with E-state index in [-0.39, 0.29) is 12.3 Å². The van der Waals surface area contributed by atoms with E-state index in [0.717, 1.165) is 13.8 Å². The zero-order chi connectivity index (χ0) is 11.7. The summed E-state index contributed by atoms with van der Waals surface area (Å²) in [6, 6.07) is 2.73. The molecule has 0 unspecified atom stereocenters. The summed E-state index contributed by atoms with van der Waals surface area (Å²) in [6.07, 6.45) is -3.08. The van der Waals surface area contributed by atoms with Crippen molar-refractivity contribution in [1.82, 2.24) is 4.98 Å². The highest BCUT2D eigenvalue weighted by molar-refractivity contribution is 5.21. The van der Waals surface area contributed by atoms with Gasteiger partial charge in [0.25, 0.3) is 0 Å². The Morgan fingerprint density at radius 1 is 1.27 bits per heavy atom. The van der Waals surface area contributed by atoms with Crippen molar-refractivity contribution in [3.05, 3.63) is 29.6 Å². The van der Waals surface area contributed by atoms with Crippen molar-refractivity contribution >= 4 is 0 Å². The maximum absolute atomic E-state index is 12.6. The number of aliphatic hydroxyl groups is 1. The van der Waals surface area contributed by atoms with Gasteiger partial charge in [0.1, 0.15) is 5.41 Å². The van der Waals surface area contributed by atoms with Gasteiger partial charge in [0.15, 0.2) is 0 Å². The molecule has 2 nitrogen and oxygen atoms in total. The molecule has 0 aliphatic carbocycles. The second-order valence-electron chi connectivity index (χ2n) is 3.83. The van der Waals surface area contributed by atoms with E-state index >= 15 is 0 Å². The van der Waals surface area contributed by atoms with Gasteiger partial charge < -0.3 is 5.11 Å². The summed E-state index contributed by atoms with van der Waals surface area (Å²) < 4.78 is 37.8. The third-order valence-corrected chi connectivity index (χ3v) is 2.36. The number of pyridine rings is 1. The molecule has 0 saturated carbocycles. The quantitative estimate of drug-likeness (QED) is 0.828. The zero-order valence-corrected chi connectivity index (χ0v) is 8.47. The molecule has 0 atom stereocenters. The summed E-state index contributed by atoms with van der Waals surface area (Å²) in [5.74, 6) is 0. The molecule has 0 aromatic carbocycles. The maximum atomic E-state index is 12.6. The summed E-state index contributed by atoms with van der Waals surface area (Å²) in [5.41, 5.74) is -1.52. The number of aliphatic hydroxyl groups excluding tert-OH is 1. The average Bonchev–Trinajstić information content (AvgIpc) is 2.16. The summed E-state index contributed by atoms with van der Waals surface area (Å²) in [5, 5.41) is 8.73. The summed E-state index contributed by atoms with van der Waals surface area (Å²) in [4.78, 5) is 3.71. The lowest BCUT2D eigenvalue weighted by Crippen LogP contribution is -2.37. The molecule has 0 aliphatic rings. The lowest BCUT2D eigenvalue weighted by molar-refractivity contribution is -0.181. The number of rotatable bonds is 2. The minimum Gasteiger partial charge on any atom is -0.392 e. The Balaban J connectivity index is 3.06. The van der Waals surface area contributed by atoms with E-state index < -0.39 is 11.6 Å². The van der Waals surface area contributed by atoms with Crippen molar-refractivity contribution in [2.45, 2.75) is 32.0 Å². The van der Waals surface area contributed by atoms with Crippen LogP contribution in [0.15, 0.2) is 18.3 Å². The molecule has 1 heterocycles. The van der Waals surface area contributed by atoms with Gasteiger partial charge in [-0.2, -0.15) is 13.2 Å². The van der Waals surface area contributed by atoms with Crippen LogP contribution in [0.2, 0.25) is 0 Å². The van der Waals surface area contributed by atoms with E-state index in [2.05, 4.69) is 4.98 Å². The molecule has 5 heteroatoms. The monoisotopic (exact) mass is 219 g/mol. The van der Waals surface area contributed by atoms with E-state index in [4.69, 9.17) is 5.11 Å². The van der Waals surface area contributed by atoms with Crippen LogP contribution in [0.5, 0.6) is 0 Å². The molecule has 1 N–H and O–H groups in total. The lowest BCUT2D eigenvalue weighted by Gasteiger charge is -2.27. The predicted octanol–water partition coefficient (Wildman–Crippen LogP) is 2.41. The van der Waals surface area contributed by atoms with Crippen molar-refractivity contribution < 1.29 is 18.3 Å². The van der Waals surface area contributed by atoms with Crippen molar-refractivity contribution in [2.75, 3.05) is 0 Å². The van der Waals surface area contributed by atoms with Crippen LogP contribution in [0.4, 0.5) is 13.2 Å². The number of hydrogen-bond donors (Lipinski definition) is 1. The van der Waals surface area contributed by atoms with Gasteiger partial charge in [-0.3, -0.25) is 4.98 Å². The van der Waals surface area contributed by atoms with Crippen LogP contribution in [0.1, 0.15) is 25.1 Å². The van der Waals surface area contributed by atoms with Gasteiger partial charge in [-0.25, -0.2) is 0 Å². The second-order valence-corrected chi connectivity index (χ2v) is 3.83. The van der Waals surface area contributed by atoms with Crippen LogP contribution in [0.25, 0.3) is 0 Å². The summed E-state index contributed by atoms with van der Waals surface area (Å²) in [6.45, 7) is 1.93. The first kappa shape index (κ1) is 12.0. The van der Waals surface area contributed by atoms with Crippen LogP contribution in [0, 0.1) is 0 Å². The molecule has 0 aliphatic heterocycles. The number of hydrogen-bond acceptors (Lipinski definition) is 2. The highest BCUT2D eigenvalue weighted by atomic mass is 19.4. The first-order valence-electron chi connectivity index (χ1n) is 4.42. The second kappa shape index (κ2) is 3.81. The Morgan fingerprint density at radius 3 is 2.20 bits per heavy atom. The third kappa shape index (κ3) is 2.28. The number of aromatic nitrogens is 1. The van der Waals surface area contributed by atoms with Crippen LogP contribution in [0.3, 0.4) is 0 Å². The molecular formula is C10H12F3NO. The van der Waals surface area contributed by atoms with Gasteiger partial charge in [-0.05, 0) is 25.5 Å². The van der Waals surface area contributed by atoms with Crippen molar-refractivity contribution in [2.24, 2.45) is 0 Å². The Morgan fingerprint density at radius 2 is 1.87 bits per heavy atom. The fourth-order valence-corrected chi connectivity index (χ4v) is 1.03. The molecule has 0 spiro atoms. The molecule has 0 fully saturated rings. The molecule has 1 aromatic heterocycles. The summed E-state index contributed by atoms with van der Waals surface area (Å²) >= 11 is 0. The van der Waals surface area contributed by atoms with Crippen LogP contribution in [-0.2, 0) is 12.0 Å². The normalized spacial score (nSPS) is 12.9. The minimum absolute atomic E-state index is 0.0489. The van der Waals surface area contributed by atoms with Crippen LogP contribution in [-0.4, -0.2) is 16.3 Å². The van der Waals surface area contributed by atoms with Gasteiger partial charge in [0.05, 0.1) is 12.3 Å². The van der Waals surface area contributed by atoms with Crippen molar-refractivity contribution in [3.8, 4) is 0 Å². The SMILES string of the molecule is CC(C)(c1ccc(CO)cn1)C(F)(F)F. The molecule has 1 aromatic rings. The van der Waals surface area contributed by atoms with Crippen molar-refractivity contribution in [3.63, 3.8) is 0 Å². The highest BCUT2D eigenvalue weighted by Gasteiger charge is 2.49. The van der Waals surface area contributed by atoms with E-state index in [1.165, 1.54) is 18.3 Å². The lowest BCUT2D eigenvalue weighted by atomic mass is 9.88. The van der Waals surface area contributed by atoms with Gasteiger partial charge in [0, 0.05) is 6.20 Å². The van der Waals surface area contributed by atoms with E-state index in [9.17, 15) is 13.2 Å². The first-order chi connectivity index (χ1) is 6.79. The highest BCUT2D eigenvalue weighted by Crippen LogP contribution is 2.39. The standard InChI is InChI=1S/C10H12F3NO/c1-9(2,10(11,12)13)8-4-3-7(6-15)5-14-8/h3-5,15H,6H2,1-2H3. The fourth-order valence-electron chi connectivity index (χ4n) is 1.03. The largest absolute Gasteiger partial charge is 0.399 e. The Bertz CT molecular complexity index is 330. The molecule has 1 rings (SSSR count). The van der Waals surface area contributed by atoms with Gasteiger partial charge in [0.2, 0.25) is 0 Å². The molecule has 0 bridgehead atoms.